The minimum Gasteiger partial charge on any atom is -0.0646 e. The van der Waals surface area contributed by atoms with Gasteiger partial charge in [-0.1, -0.05) is 47.6 Å². The fourth-order valence-electron chi connectivity index (χ4n) is 1.57. The summed E-state index contributed by atoms with van der Waals surface area (Å²) in [6.45, 7) is 13.6. The molecule has 1 aromatic carbocycles. The molecule has 0 aromatic heterocycles. The molecule has 0 heterocycles. The molecule has 0 nitrogen and oxygen atoms in total. The summed E-state index contributed by atoms with van der Waals surface area (Å²) < 4.78 is 0. The topological polar surface area (TPSA) is 0 Å². The van der Waals surface area contributed by atoms with Crippen molar-refractivity contribution in [3.05, 3.63) is 35.4 Å². The number of hydrogen-bond acceptors (Lipinski definition) is 0. The normalized spacial score (nSPS) is 12.9. The Balaban J connectivity index is 3.14. The second-order valence-corrected chi connectivity index (χ2v) is 5.90. The first kappa shape index (κ1) is 13.3. The summed E-state index contributed by atoms with van der Waals surface area (Å²) in [5, 5.41) is 0. The van der Waals surface area contributed by atoms with Crippen LogP contribution in [0.15, 0.2) is 12.1 Å². The highest BCUT2D eigenvalue weighted by Gasteiger charge is 2.22. The van der Waals surface area contributed by atoms with Gasteiger partial charge in [0, 0.05) is 0 Å². The van der Waals surface area contributed by atoms with Crippen molar-refractivity contribution in [2.75, 3.05) is 0 Å². The van der Waals surface area contributed by atoms with Crippen molar-refractivity contribution in [3.63, 3.8) is 0 Å². The van der Waals surface area contributed by atoms with Crippen LogP contribution in [-0.2, 0) is 10.8 Å². The van der Waals surface area contributed by atoms with Crippen LogP contribution in [0.4, 0.5) is 0 Å². The van der Waals surface area contributed by atoms with Crippen molar-refractivity contribution in [1.29, 1.82) is 0 Å². The van der Waals surface area contributed by atoms with Crippen molar-refractivity contribution >= 4 is 0 Å². The van der Waals surface area contributed by atoms with Crippen molar-refractivity contribution in [2.24, 2.45) is 0 Å². The van der Waals surface area contributed by atoms with E-state index in [4.69, 9.17) is 0 Å². The average Bonchev–Trinajstić information content (AvgIpc) is 2.29. The monoisotopic (exact) mass is 216 g/mol. The summed E-state index contributed by atoms with van der Waals surface area (Å²) >= 11 is 0. The lowest BCUT2D eigenvalue weighted by Crippen LogP contribution is -2.20. The van der Waals surface area contributed by atoms with E-state index < -0.39 is 0 Å². The standard InChI is InChI=1S/C16H24/c1-7-15(3,4)13-10-9-11-14(12-13)16(5,6)8-2/h10,12H,7-8H2,1-6H3. The highest BCUT2D eigenvalue weighted by molar-refractivity contribution is 5.31. The van der Waals surface area contributed by atoms with Gasteiger partial charge in [0.1, 0.15) is 0 Å². The molecule has 0 aliphatic carbocycles. The van der Waals surface area contributed by atoms with Crippen LogP contribution in [0.5, 0.6) is 0 Å². The maximum atomic E-state index is 3.27. The van der Waals surface area contributed by atoms with E-state index in [-0.39, 0.29) is 10.8 Å². The average molecular weight is 216 g/mol. The van der Waals surface area contributed by atoms with Crippen molar-refractivity contribution in [3.8, 4) is 0 Å². The SMILES string of the molecule is CCC(C)(C)c1[c][c]cc(C(C)(C)CC)c1. The Labute approximate surface area is 101 Å². The highest BCUT2D eigenvalue weighted by atomic mass is 14.3. The molecule has 0 saturated heterocycles. The van der Waals surface area contributed by atoms with Gasteiger partial charge in [-0.3, -0.25) is 0 Å². The van der Waals surface area contributed by atoms with E-state index in [1.807, 2.05) is 0 Å². The molecule has 0 spiro atoms. The first-order valence-corrected chi connectivity index (χ1v) is 6.28. The van der Waals surface area contributed by atoms with E-state index in [1.165, 1.54) is 11.1 Å². The number of benzene rings is 1. The Bertz CT molecular complexity index is 314. The minimum absolute atomic E-state index is 0.205. The van der Waals surface area contributed by atoms with E-state index in [0.717, 1.165) is 12.8 Å². The Morgan fingerprint density at radius 2 is 1.56 bits per heavy atom. The summed E-state index contributed by atoms with van der Waals surface area (Å²) in [5.41, 5.74) is 3.11. The van der Waals surface area contributed by atoms with Gasteiger partial charge < -0.3 is 0 Å². The summed E-state index contributed by atoms with van der Waals surface area (Å²) in [7, 11) is 0. The Hall–Kier alpha value is -0.780. The molecule has 0 bridgehead atoms. The summed E-state index contributed by atoms with van der Waals surface area (Å²) in [4.78, 5) is 0. The second kappa shape index (κ2) is 4.61. The van der Waals surface area contributed by atoms with Gasteiger partial charge in [-0.2, -0.15) is 0 Å². The molecule has 0 heteroatoms. The number of rotatable bonds is 4. The first-order chi connectivity index (χ1) is 7.33. The maximum absolute atomic E-state index is 3.27. The van der Waals surface area contributed by atoms with Crippen LogP contribution in [0.1, 0.15) is 65.5 Å². The van der Waals surface area contributed by atoms with E-state index in [9.17, 15) is 0 Å². The van der Waals surface area contributed by atoms with E-state index >= 15 is 0 Å². The zero-order chi connectivity index (χ0) is 12.4. The third-order valence-electron chi connectivity index (χ3n) is 4.01. The van der Waals surface area contributed by atoms with E-state index in [0.29, 0.717) is 0 Å². The number of hydrogen-bond donors (Lipinski definition) is 0. The van der Waals surface area contributed by atoms with Gasteiger partial charge in [-0.05, 0) is 53.0 Å². The first-order valence-electron chi connectivity index (χ1n) is 6.28. The summed E-state index contributed by atoms with van der Waals surface area (Å²) in [6, 6.07) is 10.8. The highest BCUT2D eigenvalue weighted by Crippen LogP contribution is 2.32. The third-order valence-corrected chi connectivity index (χ3v) is 4.01. The van der Waals surface area contributed by atoms with Crippen LogP contribution in [0.2, 0.25) is 0 Å². The van der Waals surface area contributed by atoms with Gasteiger partial charge in [0.25, 0.3) is 0 Å². The predicted octanol–water partition coefficient (Wildman–Crippen LogP) is 4.66. The maximum Gasteiger partial charge on any atom is -0.00582 e. The Kier molecular flexibility index (Phi) is 3.83. The zero-order valence-electron chi connectivity index (χ0n) is 11.6. The van der Waals surface area contributed by atoms with Crippen LogP contribution in [0.3, 0.4) is 0 Å². The predicted molar refractivity (Wildman–Crippen MR) is 70.7 cm³/mol. The summed E-state index contributed by atoms with van der Waals surface area (Å²) in [6.07, 6.45) is 2.28. The van der Waals surface area contributed by atoms with Crippen LogP contribution >= 0.6 is 0 Å². The van der Waals surface area contributed by atoms with Gasteiger partial charge in [0.2, 0.25) is 0 Å². The van der Waals surface area contributed by atoms with Crippen LogP contribution < -0.4 is 0 Å². The summed E-state index contributed by atoms with van der Waals surface area (Å²) in [5.74, 6) is 0. The molecule has 0 unspecified atom stereocenters. The molecule has 2 radical (unpaired) electrons. The van der Waals surface area contributed by atoms with Crippen LogP contribution in [0, 0.1) is 12.1 Å². The van der Waals surface area contributed by atoms with Gasteiger partial charge in [-0.15, -0.1) is 0 Å². The molecule has 0 aliphatic heterocycles. The van der Waals surface area contributed by atoms with Gasteiger partial charge in [-0.25, -0.2) is 0 Å². The molecule has 0 saturated carbocycles. The van der Waals surface area contributed by atoms with Gasteiger partial charge >= 0.3 is 0 Å². The largest absolute Gasteiger partial charge is 0.0646 e. The fraction of sp³-hybridized carbons (Fsp3) is 0.625. The van der Waals surface area contributed by atoms with Crippen molar-refractivity contribution < 1.29 is 0 Å². The molecule has 88 valence electrons. The lowest BCUT2D eigenvalue weighted by molar-refractivity contribution is 0.488. The van der Waals surface area contributed by atoms with E-state index in [1.54, 1.807) is 0 Å². The molecule has 0 aliphatic rings. The lowest BCUT2D eigenvalue weighted by atomic mass is 9.77. The van der Waals surface area contributed by atoms with E-state index in [2.05, 4.69) is 65.8 Å². The molecule has 0 amide bonds. The smallest absolute Gasteiger partial charge is 0.00582 e. The van der Waals surface area contributed by atoms with Crippen LogP contribution in [0.25, 0.3) is 0 Å². The van der Waals surface area contributed by atoms with Gasteiger partial charge in [0.05, 0.1) is 0 Å². The molecule has 0 atom stereocenters. The Morgan fingerprint density at radius 1 is 1.00 bits per heavy atom. The Morgan fingerprint density at radius 3 is 2.06 bits per heavy atom. The lowest BCUT2D eigenvalue weighted by Gasteiger charge is -2.28. The second-order valence-electron chi connectivity index (χ2n) is 5.90. The van der Waals surface area contributed by atoms with Crippen molar-refractivity contribution in [1.82, 2.24) is 0 Å². The molecular formula is C16H24. The fourth-order valence-corrected chi connectivity index (χ4v) is 1.57. The third kappa shape index (κ3) is 2.66. The van der Waals surface area contributed by atoms with Crippen molar-refractivity contribution in [2.45, 2.75) is 65.2 Å². The molecular weight excluding hydrogens is 192 g/mol. The molecule has 16 heavy (non-hydrogen) atoms. The minimum atomic E-state index is 0.205. The molecule has 0 N–H and O–H groups in total. The molecule has 1 rings (SSSR count). The molecule has 1 aromatic rings. The van der Waals surface area contributed by atoms with Crippen LogP contribution in [-0.4, -0.2) is 0 Å². The quantitative estimate of drug-likeness (QED) is 0.686. The zero-order valence-corrected chi connectivity index (χ0v) is 11.6. The van der Waals surface area contributed by atoms with Gasteiger partial charge in [0.15, 0.2) is 0 Å². The molecule has 0 fully saturated rings.